The quantitative estimate of drug-likeness (QED) is 0.880. The molecule has 0 amide bonds. The number of carbonyl (C=O) groups is 1. The molecule has 22 heavy (non-hydrogen) atoms. The zero-order chi connectivity index (χ0) is 15.7. The molecule has 114 valence electrons. The molecule has 0 atom stereocenters. The Balaban J connectivity index is 1.85. The van der Waals surface area contributed by atoms with Gasteiger partial charge in [0.15, 0.2) is 5.78 Å². The third kappa shape index (κ3) is 2.82. The van der Waals surface area contributed by atoms with Crippen molar-refractivity contribution in [1.82, 2.24) is 0 Å². The molecule has 0 bridgehead atoms. The van der Waals surface area contributed by atoms with Gasteiger partial charge < -0.3 is 4.74 Å². The largest absolute Gasteiger partial charge is 0.493 e. The molecule has 0 aromatic heterocycles. The molecule has 2 aromatic rings. The summed E-state index contributed by atoms with van der Waals surface area (Å²) in [5, 5.41) is 0. The van der Waals surface area contributed by atoms with E-state index in [0.717, 1.165) is 11.3 Å². The highest BCUT2D eigenvalue weighted by Crippen LogP contribution is 2.28. The van der Waals surface area contributed by atoms with Crippen molar-refractivity contribution in [3.8, 4) is 5.75 Å². The SMILES string of the molecule is CC(=O)c1ccc(NS(=O)(=O)c2ccc3c(c2)CCO3)cc1. The van der Waals surface area contributed by atoms with Gasteiger partial charge in [-0.2, -0.15) is 0 Å². The zero-order valence-corrected chi connectivity index (χ0v) is 12.8. The predicted molar refractivity (Wildman–Crippen MR) is 82.9 cm³/mol. The lowest BCUT2D eigenvalue weighted by molar-refractivity contribution is 0.101. The molecule has 1 aliphatic heterocycles. The second kappa shape index (κ2) is 5.46. The van der Waals surface area contributed by atoms with Crippen LogP contribution in [0.3, 0.4) is 0 Å². The lowest BCUT2D eigenvalue weighted by Crippen LogP contribution is -2.13. The Morgan fingerprint density at radius 3 is 2.55 bits per heavy atom. The van der Waals surface area contributed by atoms with Gasteiger partial charge in [-0.1, -0.05) is 0 Å². The summed E-state index contributed by atoms with van der Waals surface area (Å²) in [6.45, 7) is 2.05. The van der Waals surface area contributed by atoms with Crippen LogP contribution in [0, 0.1) is 0 Å². The molecule has 0 saturated carbocycles. The maximum Gasteiger partial charge on any atom is 0.261 e. The van der Waals surface area contributed by atoms with E-state index in [4.69, 9.17) is 4.74 Å². The van der Waals surface area contributed by atoms with E-state index in [9.17, 15) is 13.2 Å². The van der Waals surface area contributed by atoms with Crippen LogP contribution < -0.4 is 9.46 Å². The van der Waals surface area contributed by atoms with Crippen LogP contribution in [0.15, 0.2) is 47.4 Å². The molecule has 1 aliphatic rings. The first-order chi connectivity index (χ1) is 10.5. The minimum atomic E-state index is -3.66. The number of hydrogen-bond donors (Lipinski definition) is 1. The molecule has 0 unspecified atom stereocenters. The van der Waals surface area contributed by atoms with E-state index in [-0.39, 0.29) is 10.7 Å². The van der Waals surface area contributed by atoms with Crippen LogP contribution in [0.5, 0.6) is 5.75 Å². The highest BCUT2D eigenvalue weighted by atomic mass is 32.2. The molecule has 0 fully saturated rings. The molecule has 1 heterocycles. The average molecular weight is 317 g/mol. The molecule has 0 saturated heterocycles. The van der Waals surface area contributed by atoms with Gasteiger partial charge in [0.25, 0.3) is 10.0 Å². The number of nitrogens with one attached hydrogen (secondary N) is 1. The van der Waals surface area contributed by atoms with Gasteiger partial charge in [-0.15, -0.1) is 0 Å². The van der Waals surface area contributed by atoms with Crippen molar-refractivity contribution in [2.45, 2.75) is 18.2 Å². The Labute approximate surface area is 129 Å². The van der Waals surface area contributed by atoms with E-state index in [0.29, 0.717) is 24.3 Å². The van der Waals surface area contributed by atoms with Gasteiger partial charge >= 0.3 is 0 Å². The Morgan fingerprint density at radius 1 is 1.14 bits per heavy atom. The molecule has 0 aliphatic carbocycles. The van der Waals surface area contributed by atoms with E-state index in [1.54, 1.807) is 36.4 Å². The van der Waals surface area contributed by atoms with E-state index < -0.39 is 10.0 Å². The molecule has 2 aromatic carbocycles. The highest BCUT2D eigenvalue weighted by Gasteiger charge is 2.19. The fraction of sp³-hybridized carbons (Fsp3) is 0.188. The third-order valence-corrected chi connectivity index (χ3v) is 4.89. The van der Waals surface area contributed by atoms with Crippen LogP contribution in [-0.4, -0.2) is 20.8 Å². The van der Waals surface area contributed by atoms with Crippen molar-refractivity contribution in [2.75, 3.05) is 11.3 Å². The van der Waals surface area contributed by atoms with E-state index in [2.05, 4.69) is 4.72 Å². The number of benzene rings is 2. The maximum absolute atomic E-state index is 12.4. The Bertz CT molecular complexity index is 826. The summed E-state index contributed by atoms with van der Waals surface area (Å²) in [5.41, 5.74) is 1.86. The second-order valence-electron chi connectivity index (χ2n) is 5.11. The molecule has 6 heteroatoms. The number of ketones is 1. The number of Topliss-reactive ketones (excluding diaryl/α,β-unsaturated/α-hetero) is 1. The highest BCUT2D eigenvalue weighted by molar-refractivity contribution is 7.92. The fourth-order valence-corrected chi connectivity index (χ4v) is 3.43. The Morgan fingerprint density at radius 2 is 1.86 bits per heavy atom. The van der Waals surface area contributed by atoms with Crippen LogP contribution in [0.25, 0.3) is 0 Å². The number of sulfonamides is 1. The third-order valence-electron chi connectivity index (χ3n) is 3.51. The number of anilines is 1. The molecule has 0 radical (unpaired) electrons. The molecule has 0 spiro atoms. The monoisotopic (exact) mass is 317 g/mol. The van der Waals surface area contributed by atoms with Gasteiger partial charge in [-0.3, -0.25) is 9.52 Å². The summed E-state index contributed by atoms with van der Waals surface area (Å²) in [7, 11) is -3.66. The number of carbonyl (C=O) groups excluding carboxylic acids is 1. The summed E-state index contributed by atoms with van der Waals surface area (Å²) in [5.74, 6) is 0.679. The van der Waals surface area contributed by atoms with Crippen LogP contribution in [0.1, 0.15) is 22.8 Å². The predicted octanol–water partition coefficient (Wildman–Crippen LogP) is 2.62. The van der Waals surface area contributed by atoms with Gasteiger partial charge in [0.2, 0.25) is 0 Å². The number of hydrogen-bond acceptors (Lipinski definition) is 4. The fourth-order valence-electron chi connectivity index (χ4n) is 2.32. The van der Waals surface area contributed by atoms with E-state index >= 15 is 0 Å². The zero-order valence-electron chi connectivity index (χ0n) is 12.0. The first-order valence-corrected chi connectivity index (χ1v) is 8.33. The minimum absolute atomic E-state index is 0.0620. The molecular formula is C16H15NO4S. The van der Waals surface area contributed by atoms with Crippen molar-refractivity contribution < 1.29 is 17.9 Å². The van der Waals surface area contributed by atoms with Crippen molar-refractivity contribution in [3.05, 3.63) is 53.6 Å². The average Bonchev–Trinajstić information content (AvgIpc) is 2.94. The molecule has 1 N–H and O–H groups in total. The summed E-state index contributed by atoms with van der Waals surface area (Å²) >= 11 is 0. The van der Waals surface area contributed by atoms with Gasteiger partial charge in [0, 0.05) is 17.7 Å². The van der Waals surface area contributed by atoms with E-state index in [1.807, 2.05) is 0 Å². The first-order valence-electron chi connectivity index (χ1n) is 6.85. The van der Waals surface area contributed by atoms with E-state index in [1.165, 1.54) is 13.0 Å². The van der Waals surface area contributed by atoms with Crippen molar-refractivity contribution in [1.29, 1.82) is 0 Å². The Hall–Kier alpha value is -2.34. The molecular weight excluding hydrogens is 302 g/mol. The van der Waals surface area contributed by atoms with Crippen LogP contribution in [0.2, 0.25) is 0 Å². The standard InChI is InChI=1S/C16H15NO4S/c1-11(18)12-2-4-14(5-3-12)17-22(19,20)15-6-7-16-13(10-15)8-9-21-16/h2-7,10,17H,8-9H2,1H3. The summed E-state index contributed by atoms with van der Waals surface area (Å²) in [6.07, 6.45) is 0.714. The van der Waals surface area contributed by atoms with Crippen molar-refractivity contribution >= 4 is 21.5 Å². The van der Waals surface area contributed by atoms with Crippen LogP contribution in [0.4, 0.5) is 5.69 Å². The Kier molecular flexibility index (Phi) is 3.62. The summed E-state index contributed by atoms with van der Waals surface area (Å²) < 4.78 is 32.7. The summed E-state index contributed by atoms with van der Waals surface area (Å²) in [4.78, 5) is 11.4. The number of fused-ring (bicyclic) bond motifs is 1. The minimum Gasteiger partial charge on any atom is -0.493 e. The molecule has 5 nitrogen and oxygen atoms in total. The molecule has 3 rings (SSSR count). The van der Waals surface area contributed by atoms with Crippen molar-refractivity contribution in [2.24, 2.45) is 0 Å². The topological polar surface area (TPSA) is 72.5 Å². The maximum atomic E-state index is 12.4. The smallest absolute Gasteiger partial charge is 0.261 e. The van der Waals surface area contributed by atoms with Gasteiger partial charge in [0.1, 0.15) is 5.75 Å². The van der Waals surface area contributed by atoms with Gasteiger partial charge in [-0.05, 0) is 55.0 Å². The van der Waals surface area contributed by atoms with Crippen molar-refractivity contribution in [3.63, 3.8) is 0 Å². The van der Waals surface area contributed by atoms with Gasteiger partial charge in [-0.25, -0.2) is 8.42 Å². The lowest BCUT2D eigenvalue weighted by Gasteiger charge is -2.09. The van der Waals surface area contributed by atoms with Crippen LogP contribution in [-0.2, 0) is 16.4 Å². The normalized spacial score (nSPS) is 13.3. The number of ether oxygens (including phenoxy) is 1. The summed E-state index contributed by atoms with van der Waals surface area (Å²) in [6, 6.07) is 11.2. The van der Waals surface area contributed by atoms with Gasteiger partial charge in [0.05, 0.1) is 11.5 Å². The number of rotatable bonds is 4. The second-order valence-corrected chi connectivity index (χ2v) is 6.79. The first kappa shape index (κ1) is 14.6. The lowest BCUT2D eigenvalue weighted by atomic mass is 10.1. The van der Waals surface area contributed by atoms with Crippen LogP contribution >= 0.6 is 0 Å².